The third-order valence-electron chi connectivity index (χ3n) is 2.86. The summed E-state index contributed by atoms with van der Waals surface area (Å²) in [6.45, 7) is 1.96. The van der Waals surface area contributed by atoms with E-state index in [4.69, 9.17) is 9.47 Å². The van der Waals surface area contributed by atoms with Gasteiger partial charge >= 0.3 is 0 Å². The minimum atomic E-state index is 0.872. The van der Waals surface area contributed by atoms with E-state index in [1.807, 2.05) is 31.2 Å². The molecule has 0 atom stereocenters. The van der Waals surface area contributed by atoms with Crippen LogP contribution in [-0.2, 0) is 6.42 Å². The molecule has 1 aliphatic carbocycles. The summed E-state index contributed by atoms with van der Waals surface area (Å²) in [7, 11) is 3.39. The van der Waals surface area contributed by atoms with E-state index in [-0.39, 0.29) is 0 Å². The predicted octanol–water partition coefficient (Wildman–Crippen LogP) is 3.37. The van der Waals surface area contributed by atoms with E-state index >= 15 is 0 Å². The second-order valence-electron chi connectivity index (χ2n) is 3.86. The van der Waals surface area contributed by atoms with E-state index in [0.717, 1.165) is 23.5 Å². The Hall–Kier alpha value is -1.92. The van der Waals surface area contributed by atoms with E-state index in [0.29, 0.717) is 0 Å². The molecule has 0 heterocycles. The first-order chi connectivity index (χ1) is 8.30. The average molecular weight is 228 g/mol. The number of ether oxygens (including phenoxy) is 2. The number of hydrogen-bond acceptors (Lipinski definition) is 2. The first kappa shape index (κ1) is 11.6. The van der Waals surface area contributed by atoms with Gasteiger partial charge in [0.1, 0.15) is 11.5 Å². The van der Waals surface area contributed by atoms with Crippen LogP contribution in [0, 0.1) is 0 Å². The van der Waals surface area contributed by atoms with Crippen LogP contribution < -0.4 is 9.47 Å². The second kappa shape index (κ2) is 4.94. The Balaban J connectivity index is 2.47. The molecule has 0 aliphatic heterocycles. The summed E-state index contributed by atoms with van der Waals surface area (Å²) in [6, 6.07) is 3.89. The average Bonchev–Trinajstić information content (AvgIpc) is 2.78. The van der Waals surface area contributed by atoms with Crippen LogP contribution >= 0.6 is 0 Å². The molecule has 1 aromatic rings. The van der Waals surface area contributed by atoms with Crippen LogP contribution in [0.1, 0.15) is 18.1 Å². The Kier molecular flexibility index (Phi) is 3.36. The van der Waals surface area contributed by atoms with Crippen molar-refractivity contribution in [2.75, 3.05) is 14.2 Å². The van der Waals surface area contributed by atoms with Crippen LogP contribution in [0.3, 0.4) is 0 Å². The van der Waals surface area contributed by atoms with Gasteiger partial charge in [0.25, 0.3) is 0 Å². The third kappa shape index (κ3) is 2.13. The van der Waals surface area contributed by atoms with Gasteiger partial charge in [-0.25, -0.2) is 0 Å². The Morgan fingerprint density at radius 2 is 1.88 bits per heavy atom. The molecule has 2 heteroatoms. The minimum Gasteiger partial charge on any atom is -0.496 e. The molecule has 0 saturated heterocycles. The van der Waals surface area contributed by atoms with Gasteiger partial charge in [-0.05, 0) is 42.9 Å². The molecule has 2 nitrogen and oxygen atoms in total. The van der Waals surface area contributed by atoms with Crippen LogP contribution in [0.4, 0.5) is 0 Å². The quantitative estimate of drug-likeness (QED) is 0.738. The van der Waals surface area contributed by atoms with Crippen molar-refractivity contribution >= 4 is 6.08 Å². The standard InChI is InChI=1S/C15H16O2/c1-4-5-6-11-9-12-13(10-11)15(17-3)8-7-14(12)16-2/h4,6-9H,10H2,1-3H3. The molecule has 0 fully saturated rings. The highest BCUT2D eigenvalue weighted by Gasteiger charge is 2.19. The number of methoxy groups -OCH3 is 2. The predicted molar refractivity (Wildman–Crippen MR) is 69.6 cm³/mol. The van der Waals surface area contributed by atoms with Gasteiger partial charge < -0.3 is 9.47 Å². The summed E-state index contributed by atoms with van der Waals surface area (Å²) in [6.07, 6.45) is 6.90. The molecule has 1 aliphatic rings. The molecular weight excluding hydrogens is 212 g/mol. The number of hydrogen-bond donors (Lipinski definition) is 0. The molecule has 88 valence electrons. The van der Waals surface area contributed by atoms with Gasteiger partial charge in [-0.2, -0.15) is 0 Å². The maximum absolute atomic E-state index is 5.38. The highest BCUT2D eigenvalue weighted by Crippen LogP contribution is 2.38. The number of rotatable bonds is 3. The summed E-state index contributed by atoms with van der Waals surface area (Å²) in [5.41, 5.74) is 6.64. The van der Waals surface area contributed by atoms with Gasteiger partial charge in [-0.3, -0.25) is 0 Å². The first-order valence-corrected chi connectivity index (χ1v) is 5.61. The molecule has 0 spiro atoms. The third-order valence-corrected chi connectivity index (χ3v) is 2.86. The topological polar surface area (TPSA) is 18.5 Å². The summed E-state index contributed by atoms with van der Waals surface area (Å²) in [5, 5.41) is 0. The lowest BCUT2D eigenvalue weighted by Gasteiger charge is -2.10. The van der Waals surface area contributed by atoms with Crippen LogP contribution in [0.2, 0.25) is 0 Å². The van der Waals surface area contributed by atoms with E-state index < -0.39 is 0 Å². The monoisotopic (exact) mass is 228 g/mol. The van der Waals surface area contributed by atoms with Crippen LogP contribution in [-0.4, -0.2) is 14.2 Å². The highest BCUT2D eigenvalue weighted by atomic mass is 16.5. The Morgan fingerprint density at radius 1 is 1.18 bits per heavy atom. The molecule has 1 aromatic carbocycles. The molecule has 0 amide bonds. The molecule has 17 heavy (non-hydrogen) atoms. The largest absolute Gasteiger partial charge is 0.496 e. The minimum absolute atomic E-state index is 0.872. The molecule has 2 rings (SSSR count). The van der Waals surface area contributed by atoms with Crippen molar-refractivity contribution in [1.82, 2.24) is 0 Å². The van der Waals surface area contributed by atoms with E-state index in [1.54, 1.807) is 14.2 Å². The molecule has 0 bridgehead atoms. The van der Waals surface area contributed by atoms with Gasteiger partial charge in [-0.15, -0.1) is 5.73 Å². The van der Waals surface area contributed by atoms with Crippen molar-refractivity contribution in [3.63, 3.8) is 0 Å². The van der Waals surface area contributed by atoms with Crippen LogP contribution in [0.25, 0.3) is 6.08 Å². The summed E-state index contributed by atoms with van der Waals surface area (Å²) < 4.78 is 10.7. The zero-order chi connectivity index (χ0) is 12.3. The summed E-state index contributed by atoms with van der Waals surface area (Å²) in [4.78, 5) is 0. The van der Waals surface area contributed by atoms with Crippen molar-refractivity contribution in [2.45, 2.75) is 13.3 Å². The lowest BCUT2D eigenvalue weighted by Crippen LogP contribution is -1.94. The second-order valence-corrected chi connectivity index (χ2v) is 3.86. The van der Waals surface area contributed by atoms with Crippen molar-refractivity contribution in [3.05, 3.63) is 46.7 Å². The van der Waals surface area contributed by atoms with Gasteiger partial charge in [0.15, 0.2) is 0 Å². The molecule has 0 saturated carbocycles. The first-order valence-electron chi connectivity index (χ1n) is 5.61. The maximum Gasteiger partial charge on any atom is 0.126 e. The summed E-state index contributed by atoms with van der Waals surface area (Å²) >= 11 is 0. The lowest BCUT2D eigenvalue weighted by molar-refractivity contribution is 0.399. The van der Waals surface area contributed by atoms with Gasteiger partial charge in [0.2, 0.25) is 0 Å². The van der Waals surface area contributed by atoms with Crippen molar-refractivity contribution in [1.29, 1.82) is 0 Å². The van der Waals surface area contributed by atoms with Gasteiger partial charge in [-0.1, -0.05) is 0 Å². The normalized spacial score (nSPS) is 12.3. The Bertz CT molecular complexity index is 518. The SMILES string of the molecule is CC=C=CC1=Cc2c(OC)ccc(OC)c2C1. The smallest absolute Gasteiger partial charge is 0.126 e. The van der Waals surface area contributed by atoms with Crippen LogP contribution in [0.5, 0.6) is 11.5 Å². The van der Waals surface area contributed by atoms with Gasteiger partial charge in [0.05, 0.1) is 14.2 Å². The fourth-order valence-electron chi connectivity index (χ4n) is 2.06. The number of benzene rings is 1. The summed E-state index contributed by atoms with van der Waals surface area (Å²) in [5.74, 6) is 1.81. The molecule has 0 radical (unpaired) electrons. The number of allylic oxidation sites excluding steroid dienone is 2. The number of fused-ring (bicyclic) bond motifs is 1. The van der Waals surface area contributed by atoms with Gasteiger partial charge in [0, 0.05) is 17.5 Å². The molecule has 0 unspecified atom stereocenters. The Labute approximate surface area is 102 Å². The van der Waals surface area contributed by atoms with Crippen molar-refractivity contribution in [2.24, 2.45) is 0 Å². The lowest BCUT2D eigenvalue weighted by atomic mass is 10.1. The van der Waals surface area contributed by atoms with E-state index in [1.165, 1.54) is 11.1 Å². The fourth-order valence-corrected chi connectivity index (χ4v) is 2.06. The zero-order valence-corrected chi connectivity index (χ0v) is 10.4. The Morgan fingerprint density at radius 3 is 2.53 bits per heavy atom. The van der Waals surface area contributed by atoms with Crippen LogP contribution in [0.15, 0.2) is 35.6 Å². The van der Waals surface area contributed by atoms with Crippen molar-refractivity contribution < 1.29 is 9.47 Å². The molecule has 0 aromatic heterocycles. The molecular formula is C15H16O2. The molecule has 0 N–H and O–H groups in total. The zero-order valence-electron chi connectivity index (χ0n) is 10.4. The van der Waals surface area contributed by atoms with E-state index in [9.17, 15) is 0 Å². The van der Waals surface area contributed by atoms with Crippen molar-refractivity contribution in [3.8, 4) is 11.5 Å². The fraction of sp³-hybridized carbons (Fsp3) is 0.267. The highest BCUT2D eigenvalue weighted by molar-refractivity contribution is 5.73. The maximum atomic E-state index is 5.38. The van der Waals surface area contributed by atoms with E-state index in [2.05, 4.69) is 11.8 Å².